The number of halogens is 2. The lowest BCUT2D eigenvalue weighted by Crippen LogP contribution is -2.54. The minimum atomic E-state index is -0.409. The van der Waals surface area contributed by atoms with Gasteiger partial charge in [-0.2, -0.15) is 0 Å². The molecule has 5 nitrogen and oxygen atoms in total. The van der Waals surface area contributed by atoms with Crippen LogP contribution >= 0.6 is 0 Å². The fraction of sp³-hybridized carbons (Fsp3) is 0.300. The van der Waals surface area contributed by atoms with E-state index in [1.54, 1.807) is 17.9 Å². The van der Waals surface area contributed by atoms with Gasteiger partial charge < -0.3 is 10.2 Å². The lowest BCUT2D eigenvalue weighted by atomic mass is 10.1. The van der Waals surface area contributed by atoms with Gasteiger partial charge >= 0.3 is 0 Å². The molecule has 0 bridgehead atoms. The number of carbonyl (C=O) groups excluding carboxylic acids is 2. The summed E-state index contributed by atoms with van der Waals surface area (Å²) in [5.41, 5.74) is 0.860. The molecule has 2 aromatic carbocycles. The van der Waals surface area contributed by atoms with Gasteiger partial charge in [0.1, 0.15) is 11.6 Å². The van der Waals surface area contributed by atoms with Crippen LogP contribution in [0.4, 0.5) is 14.5 Å². The van der Waals surface area contributed by atoms with Gasteiger partial charge in [0.15, 0.2) is 0 Å². The molecule has 1 fully saturated rings. The summed E-state index contributed by atoms with van der Waals surface area (Å²) in [6.45, 7) is 3.84. The minimum absolute atomic E-state index is 0.147. The van der Waals surface area contributed by atoms with Crippen LogP contribution < -0.4 is 5.32 Å². The van der Waals surface area contributed by atoms with E-state index in [0.29, 0.717) is 37.4 Å². The van der Waals surface area contributed by atoms with Gasteiger partial charge in [0, 0.05) is 37.4 Å². The van der Waals surface area contributed by atoms with Crippen molar-refractivity contribution in [2.24, 2.45) is 0 Å². The third-order valence-electron chi connectivity index (χ3n) is 4.71. The zero-order valence-corrected chi connectivity index (χ0v) is 15.0. The van der Waals surface area contributed by atoms with E-state index >= 15 is 0 Å². The van der Waals surface area contributed by atoms with Gasteiger partial charge in [0.05, 0.1) is 6.04 Å². The largest absolute Gasteiger partial charge is 0.336 e. The smallest absolute Gasteiger partial charge is 0.253 e. The first-order valence-corrected chi connectivity index (χ1v) is 8.79. The Kier molecular flexibility index (Phi) is 5.81. The molecular weight excluding hydrogens is 352 g/mol. The van der Waals surface area contributed by atoms with Crippen molar-refractivity contribution in [2.45, 2.75) is 13.0 Å². The van der Waals surface area contributed by atoms with E-state index in [9.17, 15) is 18.4 Å². The van der Waals surface area contributed by atoms with E-state index in [1.807, 2.05) is 4.90 Å². The first-order valence-electron chi connectivity index (χ1n) is 8.79. The highest BCUT2D eigenvalue weighted by Gasteiger charge is 2.28. The van der Waals surface area contributed by atoms with Crippen LogP contribution in [0.3, 0.4) is 0 Å². The second kappa shape index (κ2) is 8.26. The van der Waals surface area contributed by atoms with Crippen LogP contribution in [0.2, 0.25) is 0 Å². The normalized spacial score (nSPS) is 16.0. The van der Waals surface area contributed by atoms with E-state index in [0.717, 1.165) is 0 Å². The number of carbonyl (C=O) groups is 2. The molecule has 1 aliphatic heterocycles. The second-order valence-electron chi connectivity index (χ2n) is 6.51. The highest BCUT2D eigenvalue weighted by Crippen LogP contribution is 2.14. The van der Waals surface area contributed by atoms with Gasteiger partial charge in [0.25, 0.3) is 5.91 Å². The summed E-state index contributed by atoms with van der Waals surface area (Å²) in [6.07, 6.45) is 0. The first kappa shape index (κ1) is 19.0. The van der Waals surface area contributed by atoms with Crippen LogP contribution in [0.15, 0.2) is 48.5 Å². The highest BCUT2D eigenvalue weighted by molar-refractivity contribution is 5.95. The van der Waals surface area contributed by atoms with Gasteiger partial charge in [-0.15, -0.1) is 0 Å². The molecule has 1 unspecified atom stereocenters. The van der Waals surface area contributed by atoms with Gasteiger partial charge in [-0.1, -0.05) is 6.07 Å². The molecule has 0 radical (unpaired) electrons. The maximum absolute atomic E-state index is 13.2. The van der Waals surface area contributed by atoms with E-state index in [4.69, 9.17) is 0 Å². The van der Waals surface area contributed by atoms with Crippen LogP contribution in [-0.4, -0.2) is 53.8 Å². The van der Waals surface area contributed by atoms with Gasteiger partial charge in [0.2, 0.25) is 5.91 Å². The number of rotatable bonds is 4. The first-order chi connectivity index (χ1) is 12.9. The summed E-state index contributed by atoms with van der Waals surface area (Å²) in [4.78, 5) is 28.5. The van der Waals surface area contributed by atoms with Gasteiger partial charge in [-0.25, -0.2) is 8.78 Å². The van der Waals surface area contributed by atoms with Crippen molar-refractivity contribution in [2.75, 3.05) is 31.5 Å². The lowest BCUT2D eigenvalue weighted by molar-refractivity contribution is -0.121. The van der Waals surface area contributed by atoms with Crippen LogP contribution in [0.1, 0.15) is 17.3 Å². The maximum atomic E-state index is 13.2. The number of nitrogens with one attached hydrogen (secondary N) is 1. The monoisotopic (exact) mass is 373 g/mol. The maximum Gasteiger partial charge on any atom is 0.253 e. The molecule has 1 heterocycles. The Hall–Kier alpha value is -2.80. The quantitative estimate of drug-likeness (QED) is 0.897. The number of hydrogen-bond donors (Lipinski definition) is 1. The van der Waals surface area contributed by atoms with E-state index in [-0.39, 0.29) is 17.6 Å². The van der Waals surface area contributed by atoms with Crippen molar-refractivity contribution in [3.63, 3.8) is 0 Å². The van der Waals surface area contributed by atoms with E-state index in [1.165, 1.54) is 42.5 Å². The Morgan fingerprint density at radius 3 is 2.26 bits per heavy atom. The average molecular weight is 373 g/mol. The van der Waals surface area contributed by atoms with E-state index < -0.39 is 11.9 Å². The molecule has 0 aromatic heterocycles. The van der Waals surface area contributed by atoms with Crippen molar-refractivity contribution in [1.82, 2.24) is 9.80 Å². The molecule has 1 saturated heterocycles. The number of piperazine rings is 1. The fourth-order valence-corrected chi connectivity index (χ4v) is 3.07. The molecule has 1 aliphatic rings. The molecule has 1 atom stereocenters. The predicted molar refractivity (Wildman–Crippen MR) is 98.4 cm³/mol. The van der Waals surface area contributed by atoms with Crippen LogP contribution in [0.25, 0.3) is 0 Å². The molecular formula is C20H21F2N3O2. The molecule has 0 spiro atoms. The van der Waals surface area contributed by atoms with Crippen molar-refractivity contribution < 1.29 is 18.4 Å². The minimum Gasteiger partial charge on any atom is -0.336 e. The third-order valence-corrected chi connectivity index (χ3v) is 4.71. The topological polar surface area (TPSA) is 52.7 Å². The van der Waals surface area contributed by atoms with Crippen LogP contribution in [-0.2, 0) is 4.79 Å². The Bertz CT molecular complexity index is 818. The SMILES string of the molecule is CC(C(=O)Nc1cccc(F)c1)N1CCN(C(=O)c2ccc(F)cc2)CC1. The van der Waals surface area contributed by atoms with Crippen molar-refractivity contribution in [3.8, 4) is 0 Å². The average Bonchev–Trinajstić information content (AvgIpc) is 2.67. The van der Waals surface area contributed by atoms with Crippen LogP contribution in [0, 0.1) is 11.6 Å². The summed E-state index contributed by atoms with van der Waals surface area (Å²) < 4.78 is 26.2. The molecule has 1 N–H and O–H groups in total. The number of anilines is 1. The Morgan fingerprint density at radius 2 is 1.63 bits per heavy atom. The predicted octanol–water partition coefficient (Wildman–Crippen LogP) is 2.75. The lowest BCUT2D eigenvalue weighted by Gasteiger charge is -2.37. The summed E-state index contributed by atoms with van der Waals surface area (Å²) in [5, 5.41) is 2.71. The van der Waals surface area contributed by atoms with Crippen LogP contribution in [0.5, 0.6) is 0 Å². The Balaban J connectivity index is 1.54. The Morgan fingerprint density at radius 1 is 0.963 bits per heavy atom. The molecule has 142 valence electrons. The summed E-state index contributed by atoms with van der Waals surface area (Å²) in [6, 6.07) is 10.8. The van der Waals surface area contributed by atoms with Crippen molar-refractivity contribution in [3.05, 3.63) is 65.7 Å². The fourth-order valence-electron chi connectivity index (χ4n) is 3.07. The summed E-state index contributed by atoms with van der Waals surface area (Å²) in [5.74, 6) is -1.16. The zero-order chi connectivity index (χ0) is 19.4. The van der Waals surface area contributed by atoms with E-state index in [2.05, 4.69) is 5.32 Å². The van der Waals surface area contributed by atoms with Gasteiger partial charge in [-0.3, -0.25) is 14.5 Å². The Labute approximate surface area is 156 Å². The molecule has 7 heteroatoms. The molecule has 0 saturated carbocycles. The number of nitrogens with zero attached hydrogens (tertiary/aromatic N) is 2. The highest BCUT2D eigenvalue weighted by atomic mass is 19.1. The molecule has 27 heavy (non-hydrogen) atoms. The molecule has 3 rings (SSSR count). The molecule has 2 amide bonds. The third kappa shape index (κ3) is 4.68. The number of amides is 2. The zero-order valence-electron chi connectivity index (χ0n) is 15.0. The molecule has 2 aromatic rings. The number of benzene rings is 2. The van der Waals surface area contributed by atoms with Gasteiger partial charge in [-0.05, 0) is 49.4 Å². The number of hydrogen-bond acceptors (Lipinski definition) is 3. The second-order valence-corrected chi connectivity index (χ2v) is 6.51. The standard InChI is InChI=1S/C20H21F2N3O2/c1-14(19(26)23-18-4-2-3-17(22)13-18)24-9-11-25(12-10-24)20(27)15-5-7-16(21)8-6-15/h2-8,13-14H,9-12H2,1H3,(H,23,26). The molecule has 0 aliphatic carbocycles. The summed E-state index contributed by atoms with van der Waals surface area (Å²) >= 11 is 0. The van der Waals surface area contributed by atoms with Crippen molar-refractivity contribution >= 4 is 17.5 Å². The summed E-state index contributed by atoms with van der Waals surface area (Å²) in [7, 11) is 0. The van der Waals surface area contributed by atoms with Crippen molar-refractivity contribution in [1.29, 1.82) is 0 Å².